The lowest BCUT2D eigenvalue weighted by Gasteiger charge is -2.07. The van der Waals surface area contributed by atoms with Gasteiger partial charge in [0.15, 0.2) is 5.78 Å². The van der Waals surface area contributed by atoms with Gasteiger partial charge in [-0.3, -0.25) is 4.79 Å². The van der Waals surface area contributed by atoms with Crippen LogP contribution in [-0.4, -0.2) is 5.78 Å². The Hall–Kier alpha value is -2.55. The summed E-state index contributed by atoms with van der Waals surface area (Å²) in [6, 6.07) is 16.3. The number of benzene rings is 3. The quantitative estimate of drug-likeness (QED) is 0.644. The Morgan fingerprint density at radius 1 is 0.905 bits per heavy atom. The minimum atomic E-state index is -0.691. The van der Waals surface area contributed by atoms with Crippen LogP contribution >= 0.6 is 0 Å². The van der Waals surface area contributed by atoms with Crippen LogP contribution in [0.3, 0.4) is 0 Å². The molecule has 0 bridgehead atoms. The molecule has 3 aromatic rings. The minimum Gasteiger partial charge on any atom is -0.294 e. The first-order chi connectivity index (χ1) is 10.1. The van der Waals surface area contributed by atoms with E-state index in [1.54, 1.807) is 12.1 Å². The van der Waals surface area contributed by atoms with Crippen molar-refractivity contribution in [3.63, 3.8) is 0 Å². The summed E-state index contributed by atoms with van der Waals surface area (Å²) in [7, 11) is 0. The molecule has 0 saturated heterocycles. The van der Waals surface area contributed by atoms with Crippen LogP contribution in [0.1, 0.15) is 15.9 Å². The first-order valence-electron chi connectivity index (χ1n) is 6.60. The van der Waals surface area contributed by atoms with Crippen molar-refractivity contribution in [2.75, 3.05) is 0 Å². The molecule has 0 atom stereocenters. The fourth-order valence-corrected chi connectivity index (χ4v) is 2.40. The fraction of sp³-hybridized carbons (Fsp3) is 0.0556. The van der Waals surface area contributed by atoms with Crippen LogP contribution in [0.4, 0.5) is 8.78 Å². The number of Topliss-reactive ketones (excluding diaryl/α,β-unsaturated/α-hetero) is 1. The van der Waals surface area contributed by atoms with Gasteiger partial charge >= 0.3 is 0 Å². The second kappa shape index (κ2) is 5.44. The minimum absolute atomic E-state index is 0.0832. The average Bonchev–Trinajstić information content (AvgIpc) is 2.49. The van der Waals surface area contributed by atoms with Crippen LogP contribution in [0.5, 0.6) is 0 Å². The first-order valence-corrected chi connectivity index (χ1v) is 6.60. The van der Waals surface area contributed by atoms with Gasteiger partial charge in [0, 0.05) is 18.1 Å². The maximum Gasteiger partial charge on any atom is 0.167 e. The van der Waals surface area contributed by atoms with Crippen LogP contribution < -0.4 is 0 Å². The normalized spacial score (nSPS) is 10.8. The molecular formula is C18H12F2O. The van der Waals surface area contributed by atoms with Crippen molar-refractivity contribution < 1.29 is 13.6 Å². The fourth-order valence-electron chi connectivity index (χ4n) is 2.40. The highest BCUT2D eigenvalue weighted by Crippen LogP contribution is 2.21. The number of ketones is 1. The lowest BCUT2D eigenvalue weighted by Crippen LogP contribution is -2.06. The molecule has 0 fully saturated rings. The van der Waals surface area contributed by atoms with E-state index in [2.05, 4.69) is 0 Å². The molecule has 21 heavy (non-hydrogen) atoms. The highest BCUT2D eigenvalue weighted by Gasteiger charge is 2.13. The molecule has 104 valence electrons. The van der Waals surface area contributed by atoms with Gasteiger partial charge in [-0.1, -0.05) is 48.5 Å². The molecule has 0 amide bonds. The van der Waals surface area contributed by atoms with E-state index >= 15 is 0 Å². The predicted molar refractivity (Wildman–Crippen MR) is 78.3 cm³/mol. The third-order valence-corrected chi connectivity index (χ3v) is 3.46. The molecular weight excluding hydrogens is 270 g/mol. The zero-order valence-corrected chi connectivity index (χ0v) is 11.1. The molecule has 0 spiro atoms. The third kappa shape index (κ3) is 2.68. The maximum absolute atomic E-state index is 13.6. The molecule has 0 aliphatic carbocycles. The largest absolute Gasteiger partial charge is 0.294 e. The van der Waals surface area contributed by atoms with Gasteiger partial charge in [0.1, 0.15) is 11.6 Å². The van der Waals surface area contributed by atoms with Crippen molar-refractivity contribution in [1.29, 1.82) is 0 Å². The Bertz CT molecular complexity index is 819. The Kier molecular flexibility index (Phi) is 3.48. The van der Waals surface area contributed by atoms with E-state index in [9.17, 15) is 13.6 Å². The van der Waals surface area contributed by atoms with Crippen molar-refractivity contribution >= 4 is 16.6 Å². The van der Waals surface area contributed by atoms with Crippen LogP contribution in [0.2, 0.25) is 0 Å². The summed E-state index contributed by atoms with van der Waals surface area (Å²) in [6.07, 6.45) is -0.0832. The SMILES string of the molecule is O=C(Cc1ccc(F)cc1F)c1cccc2ccccc12. The summed E-state index contributed by atoms with van der Waals surface area (Å²) in [6.45, 7) is 0. The Labute approximate surface area is 120 Å². The van der Waals surface area contributed by atoms with Gasteiger partial charge < -0.3 is 0 Å². The van der Waals surface area contributed by atoms with E-state index in [4.69, 9.17) is 0 Å². The van der Waals surface area contributed by atoms with Crippen LogP contribution in [0, 0.1) is 11.6 Å². The van der Waals surface area contributed by atoms with E-state index < -0.39 is 11.6 Å². The van der Waals surface area contributed by atoms with Crippen LogP contribution in [0.15, 0.2) is 60.7 Å². The number of carbonyl (C=O) groups is 1. The number of rotatable bonds is 3. The van der Waals surface area contributed by atoms with Gasteiger partial charge in [-0.15, -0.1) is 0 Å². The number of fused-ring (bicyclic) bond motifs is 1. The Morgan fingerprint density at radius 3 is 2.48 bits per heavy atom. The van der Waals surface area contributed by atoms with Gasteiger partial charge in [-0.2, -0.15) is 0 Å². The van der Waals surface area contributed by atoms with E-state index in [1.165, 1.54) is 6.07 Å². The Morgan fingerprint density at radius 2 is 1.67 bits per heavy atom. The average molecular weight is 282 g/mol. The monoisotopic (exact) mass is 282 g/mol. The molecule has 0 aliphatic rings. The van der Waals surface area contributed by atoms with Gasteiger partial charge in [0.2, 0.25) is 0 Å². The summed E-state index contributed by atoms with van der Waals surface area (Å²) < 4.78 is 26.5. The van der Waals surface area contributed by atoms with E-state index in [0.717, 1.165) is 22.9 Å². The van der Waals surface area contributed by atoms with Gasteiger partial charge in [0.25, 0.3) is 0 Å². The number of hydrogen-bond donors (Lipinski definition) is 0. The van der Waals surface area contributed by atoms with Crippen molar-refractivity contribution in [3.05, 3.63) is 83.4 Å². The molecule has 3 aromatic carbocycles. The van der Waals surface area contributed by atoms with Gasteiger partial charge in [-0.05, 0) is 22.4 Å². The second-order valence-corrected chi connectivity index (χ2v) is 4.86. The first kappa shape index (κ1) is 13.4. The summed E-state index contributed by atoms with van der Waals surface area (Å²) in [5.41, 5.74) is 0.756. The highest BCUT2D eigenvalue weighted by atomic mass is 19.1. The standard InChI is InChI=1S/C18H12F2O/c19-14-9-8-13(17(20)11-14)10-18(21)16-7-3-5-12-4-1-2-6-15(12)16/h1-9,11H,10H2. The molecule has 0 saturated carbocycles. The zero-order valence-electron chi connectivity index (χ0n) is 11.1. The Balaban J connectivity index is 1.97. The van der Waals surface area contributed by atoms with E-state index in [0.29, 0.717) is 5.56 Å². The summed E-state index contributed by atoms with van der Waals surface area (Å²) >= 11 is 0. The molecule has 0 aromatic heterocycles. The number of hydrogen-bond acceptors (Lipinski definition) is 1. The lowest BCUT2D eigenvalue weighted by atomic mass is 9.97. The van der Waals surface area contributed by atoms with Crippen molar-refractivity contribution in [2.24, 2.45) is 0 Å². The second-order valence-electron chi connectivity index (χ2n) is 4.86. The van der Waals surface area contributed by atoms with Crippen molar-refractivity contribution in [2.45, 2.75) is 6.42 Å². The number of halogens is 2. The lowest BCUT2D eigenvalue weighted by molar-refractivity contribution is 0.0993. The van der Waals surface area contributed by atoms with Gasteiger partial charge in [0.05, 0.1) is 0 Å². The van der Waals surface area contributed by atoms with E-state index in [-0.39, 0.29) is 17.8 Å². The highest BCUT2D eigenvalue weighted by molar-refractivity contribution is 6.08. The number of carbonyl (C=O) groups excluding carboxylic acids is 1. The van der Waals surface area contributed by atoms with Crippen LogP contribution in [-0.2, 0) is 6.42 Å². The van der Waals surface area contributed by atoms with Crippen molar-refractivity contribution in [3.8, 4) is 0 Å². The van der Waals surface area contributed by atoms with E-state index in [1.807, 2.05) is 30.3 Å². The molecule has 1 nitrogen and oxygen atoms in total. The van der Waals surface area contributed by atoms with Gasteiger partial charge in [-0.25, -0.2) is 8.78 Å². The predicted octanol–water partition coefficient (Wildman–Crippen LogP) is 4.54. The summed E-state index contributed by atoms with van der Waals surface area (Å²) in [4.78, 5) is 12.4. The summed E-state index contributed by atoms with van der Waals surface area (Å²) in [5, 5.41) is 1.80. The summed E-state index contributed by atoms with van der Waals surface area (Å²) in [5.74, 6) is -1.52. The van der Waals surface area contributed by atoms with Crippen molar-refractivity contribution in [1.82, 2.24) is 0 Å². The van der Waals surface area contributed by atoms with Crippen LogP contribution in [0.25, 0.3) is 10.8 Å². The molecule has 0 unspecified atom stereocenters. The maximum atomic E-state index is 13.6. The smallest absolute Gasteiger partial charge is 0.167 e. The third-order valence-electron chi connectivity index (χ3n) is 3.46. The molecule has 0 aliphatic heterocycles. The molecule has 0 radical (unpaired) electrons. The molecule has 0 N–H and O–H groups in total. The zero-order chi connectivity index (χ0) is 14.8. The molecule has 3 rings (SSSR count). The molecule has 0 heterocycles. The molecule has 3 heteroatoms. The topological polar surface area (TPSA) is 17.1 Å².